The van der Waals surface area contributed by atoms with Crippen LogP contribution in [0.1, 0.15) is 29.9 Å². The van der Waals surface area contributed by atoms with E-state index in [2.05, 4.69) is 0 Å². The van der Waals surface area contributed by atoms with Crippen molar-refractivity contribution in [1.82, 2.24) is 4.90 Å². The van der Waals surface area contributed by atoms with E-state index in [9.17, 15) is 19.7 Å². The van der Waals surface area contributed by atoms with Crippen LogP contribution >= 0.6 is 0 Å². The summed E-state index contributed by atoms with van der Waals surface area (Å²) in [5.41, 5.74) is -0.417. The normalized spacial score (nSPS) is 18.4. The largest absolute Gasteiger partial charge is 0.493 e. The van der Waals surface area contributed by atoms with E-state index in [4.69, 9.17) is 18.9 Å². The Morgan fingerprint density at radius 2 is 1.71 bits per heavy atom. The number of nitrogens with zero attached hydrogens (tertiary/aromatic N) is 2. The van der Waals surface area contributed by atoms with Crippen LogP contribution in [0.5, 0.6) is 17.2 Å². The van der Waals surface area contributed by atoms with E-state index in [0.29, 0.717) is 11.3 Å². The topological polar surface area (TPSA) is 117 Å². The first-order valence-corrected chi connectivity index (χ1v) is 10.7. The third-order valence-corrected chi connectivity index (χ3v) is 6.22. The van der Waals surface area contributed by atoms with Gasteiger partial charge in [0.05, 0.1) is 34.4 Å². The maximum Gasteiger partial charge on any atom is 0.332 e. The molecule has 0 bridgehead atoms. The van der Waals surface area contributed by atoms with Gasteiger partial charge in [-0.25, -0.2) is 4.79 Å². The van der Waals surface area contributed by atoms with Gasteiger partial charge in [-0.05, 0) is 29.7 Å². The van der Waals surface area contributed by atoms with Crippen molar-refractivity contribution in [3.05, 3.63) is 63.7 Å². The summed E-state index contributed by atoms with van der Waals surface area (Å²) in [5.74, 6) is -1.17. The highest BCUT2D eigenvalue weighted by Gasteiger charge is 2.59. The molecule has 0 aliphatic carbocycles. The summed E-state index contributed by atoms with van der Waals surface area (Å²) in [5, 5.41) is 11.8. The van der Waals surface area contributed by atoms with Gasteiger partial charge in [0.25, 0.3) is 0 Å². The fourth-order valence-electron chi connectivity index (χ4n) is 4.66. The lowest BCUT2D eigenvalue weighted by molar-refractivity contribution is -0.485. The molecule has 0 saturated carbocycles. The summed E-state index contributed by atoms with van der Waals surface area (Å²) in [6, 6.07) is 12.3. The van der Waals surface area contributed by atoms with Crippen molar-refractivity contribution in [2.45, 2.75) is 30.8 Å². The zero-order valence-corrected chi connectivity index (χ0v) is 19.6. The highest BCUT2D eigenvalue weighted by molar-refractivity contribution is 5.93. The average molecular weight is 472 g/mol. The number of nitro groups is 1. The molecular formula is C24H28N2O8. The molecule has 182 valence electrons. The minimum atomic E-state index is -1.60. The number of ether oxygens (including phenoxy) is 4. The van der Waals surface area contributed by atoms with Crippen molar-refractivity contribution in [3.63, 3.8) is 0 Å². The summed E-state index contributed by atoms with van der Waals surface area (Å²) in [4.78, 5) is 39.2. The molecule has 0 N–H and O–H groups in total. The molecule has 0 aromatic heterocycles. The van der Waals surface area contributed by atoms with Crippen molar-refractivity contribution >= 4 is 11.9 Å². The molecule has 0 spiro atoms. The lowest BCUT2D eigenvalue weighted by atomic mass is 9.76. The molecule has 10 nitrogen and oxygen atoms in total. The summed E-state index contributed by atoms with van der Waals surface area (Å²) < 4.78 is 21.4. The number of esters is 1. The zero-order chi connectivity index (χ0) is 24.9. The molecular weight excluding hydrogens is 444 g/mol. The first kappa shape index (κ1) is 24.8. The van der Waals surface area contributed by atoms with Crippen LogP contribution in [-0.2, 0) is 20.9 Å². The van der Waals surface area contributed by atoms with Gasteiger partial charge >= 0.3 is 5.97 Å². The number of rotatable bonds is 10. The molecule has 0 unspecified atom stereocenters. The summed E-state index contributed by atoms with van der Waals surface area (Å²) in [6.45, 7) is -0.514. The van der Waals surface area contributed by atoms with Crippen LogP contribution in [0.2, 0.25) is 0 Å². The number of methoxy groups -OCH3 is 4. The Balaban J connectivity index is 2.24. The molecule has 1 aliphatic rings. The van der Waals surface area contributed by atoms with E-state index in [1.54, 1.807) is 12.1 Å². The highest BCUT2D eigenvalue weighted by atomic mass is 16.6. The third kappa shape index (κ3) is 4.48. The lowest BCUT2D eigenvalue weighted by Crippen LogP contribution is -2.57. The second-order valence-corrected chi connectivity index (χ2v) is 7.91. The van der Waals surface area contributed by atoms with Crippen LogP contribution in [-0.4, -0.2) is 62.2 Å². The number of amides is 1. The maximum atomic E-state index is 13.4. The number of likely N-dealkylation sites (tertiary alicyclic amines) is 1. The molecule has 1 amide bonds. The first-order valence-electron chi connectivity index (χ1n) is 10.7. The fraction of sp³-hybridized carbons (Fsp3) is 0.417. The van der Waals surface area contributed by atoms with Gasteiger partial charge in [-0.2, -0.15) is 0 Å². The summed E-state index contributed by atoms with van der Waals surface area (Å²) >= 11 is 0. The van der Waals surface area contributed by atoms with E-state index in [0.717, 1.165) is 5.56 Å². The third-order valence-electron chi connectivity index (χ3n) is 6.22. The molecule has 1 saturated heterocycles. The predicted octanol–water partition coefficient (Wildman–Crippen LogP) is 2.81. The molecule has 2 aromatic rings. The highest BCUT2D eigenvalue weighted by Crippen LogP contribution is 2.48. The van der Waals surface area contributed by atoms with Crippen LogP contribution in [0.25, 0.3) is 0 Å². The Kier molecular flexibility index (Phi) is 7.60. The molecule has 2 aromatic carbocycles. The van der Waals surface area contributed by atoms with Crippen molar-refractivity contribution in [2.75, 3.05) is 35.0 Å². The monoisotopic (exact) mass is 472 g/mol. The van der Waals surface area contributed by atoms with Crippen LogP contribution < -0.4 is 14.2 Å². The summed E-state index contributed by atoms with van der Waals surface area (Å²) in [7, 11) is 5.52. The molecule has 3 rings (SSSR count). The number of carbonyl (C=O) groups is 2. The number of carbonyl (C=O) groups excluding carboxylic acids is 2. The van der Waals surface area contributed by atoms with Gasteiger partial charge in [-0.15, -0.1) is 0 Å². The second-order valence-electron chi connectivity index (χ2n) is 7.91. The Morgan fingerprint density at radius 1 is 1.09 bits per heavy atom. The lowest BCUT2D eigenvalue weighted by Gasteiger charge is -2.40. The Morgan fingerprint density at radius 3 is 2.21 bits per heavy atom. The Labute approximate surface area is 197 Å². The number of benzene rings is 2. The fourth-order valence-corrected chi connectivity index (χ4v) is 4.66. The first-order chi connectivity index (χ1) is 16.3. The van der Waals surface area contributed by atoms with E-state index in [-0.39, 0.29) is 36.8 Å². The smallest absolute Gasteiger partial charge is 0.332 e. The molecule has 10 heteroatoms. The van der Waals surface area contributed by atoms with Gasteiger partial charge in [0.1, 0.15) is 0 Å². The number of hydrogen-bond donors (Lipinski definition) is 0. The quantitative estimate of drug-likeness (QED) is 0.294. The Hall–Kier alpha value is -3.82. The number of hydrogen-bond acceptors (Lipinski definition) is 8. The van der Waals surface area contributed by atoms with E-state index in [1.165, 1.54) is 33.3 Å². The van der Waals surface area contributed by atoms with Gasteiger partial charge in [0.15, 0.2) is 17.0 Å². The van der Waals surface area contributed by atoms with Crippen LogP contribution in [0.3, 0.4) is 0 Å². The Bertz CT molecular complexity index is 1030. The molecule has 1 aliphatic heterocycles. The minimum absolute atomic E-state index is 0.0561. The van der Waals surface area contributed by atoms with Gasteiger partial charge in [0.2, 0.25) is 18.2 Å². The average Bonchev–Trinajstić information content (AvgIpc) is 3.17. The van der Waals surface area contributed by atoms with E-state index >= 15 is 0 Å². The van der Waals surface area contributed by atoms with Gasteiger partial charge in [-0.3, -0.25) is 14.9 Å². The van der Waals surface area contributed by atoms with Crippen LogP contribution in [0, 0.1) is 10.1 Å². The minimum Gasteiger partial charge on any atom is -0.493 e. The SMILES string of the molecule is COC(=O)[C@@]1([C@H](C[N+](=O)[O-])c2cc(OC)c(OC)c(OC)c2)CCC(=O)N1Cc1ccccc1. The van der Waals surface area contributed by atoms with Gasteiger partial charge in [0, 0.05) is 17.9 Å². The van der Waals surface area contributed by atoms with E-state index in [1.807, 2.05) is 30.3 Å². The molecule has 1 fully saturated rings. The maximum absolute atomic E-state index is 13.4. The van der Waals surface area contributed by atoms with Crippen molar-refractivity contribution < 1.29 is 33.5 Å². The molecule has 34 heavy (non-hydrogen) atoms. The van der Waals surface area contributed by atoms with Crippen molar-refractivity contribution in [2.24, 2.45) is 0 Å². The predicted molar refractivity (Wildman–Crippen MR) is 122 cm³/mol. The van der Waals surface area contributed by atoms with E-state index < -0.39 is 28.9 Å². The van der Waals surface area contributed by atoms with Crippen molar-refractivity contribution in [3.8, 4) is 17.2 Å². The van der Waals surface area contributed by atoms with Gasteiger partial charge in [-0.1, -0.05) is 30.3 Å². The second kappa shape index (κ2) is 10.4. The standard InChI is InChI=1S/C24H28N2O8/c1-31-19-12-17(13-20(32-2)22(19)33-3)18(15-26(29)30)24(23(28)34-4)11-10-21(27)25(24)14-16-8-6-5-7-9-16/h5-9,12-13,18H,10-11,14-15H2,1-4H3/t18-,24+/m1/s1. The van der Waals surface area contributed by atoms with Crippen LogP contribution in [0.15, 0.2) is 42.5 Å². The molecule has 0 radical (unpaired) electrons. The zero-order valence-electron chi connectivity index (χ0n) is 19.6. The molecule has 2 atom stereocenters. The summed E-state index contributed by atoms with van der Waals surface area (Å²) in [6.07, 6.45) is 0.126. The van der Waals surface area contributed by atoms with Crippen molar-refractivity contribution in [1.29, 1.82) is 0 Å². The van der Waals surface area contributed by atoms with Crippen LogP contribution in [0.4, 0.5) is 0 Å². The molecule has 1 heterocycles. The van der Waals surface area contributed by atoms with Gasteiger partial charge < -0.3 is 23.8 Å².